The van der Waals surface area contributed by atoms with Gasteiger partial charge in [-0.3, -0.25) is 14.4 Å². The maximum Gasteiger partial charge on any atom is 0.420 e. The third-order valence-corrected chi connectivity index (χ3v) is 9.71. The average molecular weight is 809 g/mol. The summed E-state index contributed by atoms with van der Waals surface area (Å²) in [4.78, 5) is 47.7. The summed E-state index contributed by atoms with van der Waals surface area (Å²) in [5, 5.41) is 11.9. The minimum atomic E-state index is -5.16. The van der Waals surface area contributed by atoms with Crippen molar-refractivity contribution in [3.63, 3.8) is 0 Å². The molecule has 0 spiro atoms. The molecule has 0 radical (unpaired) electrons. The number of rotatable bonds is 18. The van der Waals surface area contributed by atoms with Crippen molar-refractivity contribution in [2.75, 3.05) is 56.4 Å². The maximum absolute atomic E-state index is 15.1. The zero-order valence-electron chi connectivity index (χ0n) is 33.2. The Morgan fingerprint density at radius 1 is 1.11 bits per heavy atom. The van der Waals surface area contributed by atoms with Gasteiger partial charge in [0, 0.05) is 31.8 Å². The number of likely N-dealkylation sites (tertiary alicyclic amines) is 1. The van der Waals surface area contributed by atoms with Gasteiger partial charge in [-0.1, -0.05) is 33.0 Å². The lowest BCUT2D eigenvalue weighted by molar-refractivity contribution is -0.141. The fraction of sp³-hybridized carbons (Fsp3) is 0.590. The van der Waals surface area contributed by atoms with Gasteiger partial charge >= 0.3 is 6.18 Å². The normalized spacial score (nSPS) is 15.2. The summed E-state index contributed by atoms with van der Waals surface area (Å²) in [6, 6.07) is 4.30. The molecule has 2 unspecified atom stereocenters. The lowest BCUT2D eigenvalue weighted by Crippen LogP contribution is -2.56. The van der Waals surface area contributed by atoms with Crippen LogP contribution in [0.25, 0.3) is 0 Å². The molecule has 0 bridgehead atoms. The van der Waals surface area contributed by atoms with Crippen LogP contribution in [0.2, 0.25) is 0 Å². The quantitative estimate of drug-likeness (QED) is 0.103. The fourth-order valence-electron chi connectivity index (χ4n) is 6.30. The number of nitriles is 1. The summed E-state index contributed by atoms with van der Waals surface area (Å²) < 4.78 is 72.8. The van der Waals surface area contributed by atoms with Crippen molar-refractivity contribution < 1.29 is 46.2 Å². The first-order valence-corrected chi connectivity index (χ1v) is 18.8. The molecule has 2 atom stereocenters. The van der Waals surface area contributed by atoms with Crippen molar-refractivity contribution >= 4 is 46.8 Å². The van der Waals surface area contributed by atoms with Gasteiger partial charge in [0.15, 0.2) is 5.82 Å². The molecule has 0 saturated carbocycles. The summed E-state index contributed by atoms with van der Waals surface area (Å²) in [5.41, 5.74) is -3.06. The molecule has 3 amide bonds. The average Bonchev–Trinajstić information content (AvgIpc) is 3.55. The third kappa shape index (κ3) is 11.6. The fourth-order valence-corrected chi connectivity index (χ4v) is 6.69. The van der Waals surface area contributed by atoms with Crippen LogP contribution in [0.1, 0.15) is 83.9 Å². The molecule has 3 rings (SSSR count). The van der Waals surface area contributed by atoms with Gasteiger partial charge in [0.2, 0.25) is 17.7 Å². The second-order valence-electron chi connectivity index (χ2n) is 15.3. The molecular formula is C39H52F4N6O6S. The lowest BCUT2D eigenvalue weighted by Gasteiger charge is -2.38. The Bertz CT molecular complexity index is 1760. The lowest BCUT2D eigenvalue weighted by atomic mass is 9.85. The highest BCUT2D eigenvalue weighted by Gasteiger charge is 2.42. The molecule has 1 aliphatic rings. The van der Waals surface area contributed by atoms with Crippen LogP contribution in [0.4, 0.5) is 28.9 Å². The van der Waals surface area contributed by atoms with Crippen LogP contribution in [-0.4, -0.2) is 97.3 Å². The summed E-state index contributed by atoms with van der Waals surface area (Å²) >= 11 is 5.20. The van der Waals surface area contributed by atoms with Gasteiger partial charge < -0.3 is 34.2 Å². The number of pyridine rings is 1. The van der Waals surface area contributed by atoms with Crippen LogP contribution < -0.4 is 19.9 Å². The smallest absolute Gasteiger partial charge is 0.420 e. The van der Waals surface area contributed by atoms with E-state index >= 15 is 4.39 Å². The summed E-state index contributed by atoms with van der Waals surface area (Å²) in [6.45, 7) is 14.3. The second kappa shape index (κ2) is 19.6. The first kappa shape index (κ1) is 46.0. The van der Waals surface area contributed by atoms with Gasteiger partial charge in [0.25, 0.3) is 5.91 Å². The number of likely N-dealkylation sites (N-methyl/N-ethyl adjacent to an activating group) is 1. The first-order chi connectivity index (χ1) is 26.2. The Morgan fingerprint density at radius 3 is 2.34 bits per heavy atom. The molecule has 1 aliphatic heterocycles. The molecule has 1 saturated heterocycles. The van der Waals surface area contributed by atoms with E-state index in [1.54, 1.807) is 13.0 Å². The third-order valence-electron chi connectivity index (χ3n) is 9.50. The molecule has 1 fully saturated rings. The Morgan fingerprint density at radius 2 is 1.77 bits per heavy atom. The number of anilines is 2. The summed E-state index contributed by atoms with van der Waals surface area (Å²) in [6.07, 6.45) is -0.489. The molecule has 2 aromatic rings. The number of halogens is 4. The van der Waals surface area contributed by atoms with Gasteiger partial charge in [0.1, 0.15) is 23.8 Å². The predicted molar refractivity (Wildman–Crippen MR) is 207 cm³/mol. The molecule has 0 aliphatic carbocycles. The number of carbonyl (C=O) groups excluding carboxylic acids is 3. The zero-order valence-corrected chi connectivity index (χ0v) is 34.0. The molecule has 1 aromatic carbocycles. The van der Waals surface area contributed by atoms with Crippen molar-refractivity contribution in [2.24, 2.45) is 5.41 Å². The molecule has 1 N–H and O–H groups in total. The second-order valence-corrected chi connectivity index (χ2v) is 15.5. The first-order valence-electron chi connectivity index (χ1n) is 18.3. The number of ether oxygens (including phenoxy) is 3. The van der Waals surface area contributed by atoms with Gasteiger partial charge in [0.05, 0.1) is 54.5 Å². The zero-order chi connectivity index (χ0) is 42.0. The maximum atomic E-state index is 15.1. The van der Waals surface area contributed by atoms with Gasteiger partial charge in [-0.05, 0) is 77.0 Å². The number of unbranched alkanes of at least 4 members (excludes halogenated alkanes) is 1. The van der Waals surface area contributed by atoms with Crippen molar-refractivity contribution in [2.45, 2.75) is 97.9 Å². The van der Waals surface area contributed by atoms with E-state index in [0.717, 1.165) is 36.9 Å². The molecule has 17 heteroatoms. The Kier molecular flexibility index (Phi) is 16.1. The van der Waals surface area contributed by atoms with Crippen LogP contribution in [0.5, 0.6) is 5.88 Å². The number of thiocarbonyl (C=S) groups is 1. The van der Waals surface area contributed by atoms with E-state index in [2.05, 4.69) is 10.3 Å². The van der Waals surface area contributed by atoms with E-state index in [1.807, 2.05) is 32.6 Å². The van der Waals surface area contributed by atoms with Crippen LogP contribution in [-0.2, 0) is 30.0 Å². The van der Waals surface area contributed by atoms with Crippen molar-refractivity contribution in [3.8, 4) is 11.9 Å². The number of nitrogens with zero attached hydrogens (tertiary/aromatic N) is 5. The van der Waals surface area contributed by atoms with Crippen molar-refractivity contribution in [1.82, 2.24) is 15.2 Å². The topological polar surface area (TPSA) is 137 Å². The SMILES string of the molecule is Cc1cc(N(C=S)C(C)(C)C(=O)N(C)c2ccc(C#N)c(C(F)(F)F)c2F)cnc1OCCCCOCCOCC(=O)NC(C(=O)N1CCCC1C)C(C)(C)C. The number of carbonyl (C=O) groups is 3. The number of amides is 3. The highest BCUT2D eigenvalue weighted by Crippen LogP contribution is 2.38. The number of aromatic nitrogens is 1. The molecule has 12 nitrogen and oxygen atoms in total. The van der Waals surface area contributed by atoms with Crippen LogP contribution >= 0.6 is 12.2 Å². The molecule has 308 valence electrons. The van der Waals surface area contributed by atoms with Gasteiger partial charge in [-0.2, -0.15) is 18.4 Å². The number of aryl methyl sites for hydroxylation is 1. The Labute approximate surface area is 331 Å². The minimum Gasteiger partial charge on any atom is -0.477 e. The number of hydrogen-bond acceptors (Lipinski definition) is 9. The van der Waals surface area contributed by atoms with E-state index in [1.165, 1.54) is 36.5 Å². The largest absolute Gasteiger partial charge is 0.477 e. The number of hydrogen-bond donors (Lipinski definition) is 1. The van der Waals surface area contributed by atoms with Gasteiger partial charge in [-0.25, -0.2) is 9.37 Å². The molecule has 56 heavy (non-hydrogen) atoms. The number of alkyl halides is 3. The number of benzene rings is 1. The van der Waals surface area contributed by atoms with E-state index in [0.29, 0.717) is 49.7 Å². The summed E-state index contributed by atoms with van der Waals surface area (Å²) in [5.74, 6) is -2.60. The standard InChI is InChI=1S/C39H52F4N6O6S/c1-25-20-28(49(24-56)38(6,7)36(52)47(8)29-14-13-27(21-44)31(32(29)40)39(41,42)43)22-45-34(25)55-17-10-9-16-53-18-19-54-23-30(50)46-33(37(3,4)5)35(51)48-15-11-12-26(48)2/h13-14,20,22,24,26,33H,9-12,15-19,23H2,1-8H3,(H,46,50). The van der Waals surface area contributed by atoms with E-state index in [-0.39, 0.29) is 37.7 Å². The molecular weight excluding hydrogens is 757 g/mol. The van der Waals surface area contributed by atoms with E-state index < -0.39 is 51.7 Å². The van der Waals surface area contributed by atoms with Crippen molar-refractivity contribution in [3.05, 3.63) is 46.9 Å². The van der Waals surface area contributed by atoms with Crippen LogP contribution in [0, 0.1) is 29.5 Å². The Hall–Kier alpha value is -4.40. The van der Waals surface area contributed by atoms with Crippen LogP contribution in [0.15, 0.2) is 24.4 Å². The van der Waals surface area contributed by atoms with E-state index in [9.17, 15) is 27.6 Å². The van der Waals surface area contributed by atoms with Crippen molar-refractivity contribution in [1.29, 1.82) is 5.26 Å². The van der Waals surface area contributed by atoms with E-state index in [4.69, 9.17) is 31.7 Å². The molecule has 1 aromatic heterocycles. The van der Waals surface area contributed by atoms with Crippen LogP contribution in [0.3, 0.4) is 0 Å². The monoisotopic (exact) mass is 808 g/mol. The summed E-state index contributed by atoms with van der Waals surface area (Å²) in [7, 11) is 1.14. The minimum absolute atomic E-state index is 0.0694. The highest BCUT2D eigenvalue weighted by molar-refractivity contribution is 7.79. The molecule has 2 heterocycles. The number of nitrogens with one attached hydrogen (secondary N) is 1. The Balaban J connectivity index is 1.44. The van der Waals surface area contributed by atoms with Gasteiger partial charge in [-0.15, -0.1) is 0 Å². The predicted octanol–water partition coefficient (Wildman–Crippen LogP) is 6.36. The highest BCUT2D eigenvalue weighted by atomic mass is 32.1.